The number of nitrogens with zero attached hydrogens (tertiary/aromatic N) is 3. The van der Waals surface area contributed by atoms with Crippen LogP contribution in [0.15, 0.2) is 31.9 Å². The van der Waals surface area contributed by atoms with Crippen LogP contribution in [0.2, 0.25) is 0 Å². The van der Waals surface area contributed by atoms with Gasteiger partial charge in [0.15, 0.2) is 11.5 Å². The Bertz CT molecular complexity index is 905. The number of aliphatic imine (C=N–C) groups is 2. The van der Waals surface area contributed by atoms with E-state index in [0.29, 0.717) is 13.1 Å². The van der Waals surface area contributed by atoms with Gasteiger partial charge in [0.2, 0.25) is 0 Å². The Balaban J connectivity index is 1.89. The third-order valence-corrected chi connectivity index (χ3v) is 5.85. The molecule has 12 heteroatoms. The van der Waals surface area contributed by atoms with Crippen LogP contribution in [0.4, 0.5) is 0 Å². The molecule has 3 rings (SSSR count). The molecule has 3 heterocycles. The lowest BCUT2D eigenvalue weighted by molar-refractivity contribution is -0.150. The van der Waals surface area contributed by atoms with Gasteiger partial charge in [0.25, 0.3) is 11.1 Å². The summed E-state index contributed by atoms with van der Waals surface area (Å²) in [5, 5.41) is 5.33. The van der Waals surface area contributed by atoms with Gasteiger partial charge in [-0.2, -0.15) is 0 Å². The van der Waals surface area contributed by atoms with E-state index in [4.69, 9.17) is 18.6 Å². The highest BCUT2D eigenvalue weighted by Crippen LogP contribution is 2.62. The first-order valence-electron chi connectivity index (χ1n) is 8.93. The quantitative estimate of drug-likeness (QED) is 0.220. The lowest BCUT2D eigenvalue weighted by Gasteiger charge is -2.26. The van der Waals surface area contributed by atoms with Crippen molar-refractivity contribution in [2.75, 3.05) is 13.1 Å². The van der Waals surface area contributed by atoms with Crippen LogP contribution in [0.1, 0.15) is 43.0 Å². The van der Waals surface area contributed by atoms with Crippen molar-refractivity contribution in [1.29, 1.82) is 0 Å². The highest BCUT2D eigenvalue weighted by Gasteiger charge is 2.48. The summed E-state index contributed by atoms with van der Waals surface area (Å²) in [6.45, 7) is 4.81. The second-order valence-corrected chi connectivity index (χ2v) is 8.07. The summed E-state index contributed by atoms with van der Waals surface area (Å²) >= 11 is 0. The van der Waals surface area contributed by atoms with Gasteiger partial charge in [-0.1, -0.05) is 13.3 Å². The van der Waals surface area contributed by atoms with Crippen molar-refractivity contribution in [1.82, 2.24) is 10.3 Å². The predicted molar refractivity (Wildman–Crippen MR) is 106 cm³/mol. The number of rotatable bonds is 7. The van der Waals surface area contributed by atoms with Crippen LogP contribution >= 0.6 is 10.6 Å². The largest absolute Gasteiger partial charge is 0.449 e. The summed E-state index contributed by atoms with van der Waals surface area (Å²) in [6, 6.07) is 3.02. The zero-order chi connectivity index (χ0) is 21.0. The molecule has 29 heavy (non-hydrogen) atoms. The number of nitrogens with two attached hydrogens (primary N) is 1. The number of amides is 1. The lowest BCUT2D eigenvalue weighted by atomic mass is 10.3. The van der Waals surface area contributed by atoms with E-state index >= 15 is 0 Å². The number of hydrogen-bond donors (Lipinski definition) is 2. The Morgan fingerprint density at radius 1 is 1.31 bits per heavy atom. The second kappa shape index (κ2) is 8.49. The molecule has 1 spiro atoms. The minimum Gasteiger partial charge on any atom is -0.449 e. The molecule has 3 N–H and O–H groups in total. The number of carbonyl (C=O) groups excluding carboxylic acids is 3. The Kier molecular flexibility index (Phi) is 6.03. The van der Waals surface area contributed by atoms with Crippen molar-refractivity contribution < 1.29 is 27.2 Å². The monoisotopic (exact) mass is 423 g/mol. The summed E-state index contributed by atoms with van der Waals surface area (Å²) in [5.74, 6) is 3.52. The van der Waals surface area contributed by atoms with Crippen LogP contribution in [0, 0.1) is 0 Å². The first-order valence-corrected chi connectivity index (χ1v) is 10.5. The maximum atomic E-state index is 11.9. The minimum absolute atomic E-state index is 0.0189. The van der Waals surface area contributed by atoms with Gasteiger partial charge in [-0.15, -0.1) is 0 Å². The van der Waals surface area contributed by atoms with E-state index in [1.54, 1.807) is 6.92 Å². The summed E-state index contributed by atoms with van der Waals surface area (Å²) in [4.78, 5) is 43.6. The van der Waals surface area contributed by atoms with Crippen molar-refractivity contribution >= 4 is 45.6 Å². The molecule has 1 aromatic rings. The maximum Gasteiger partial charge on any atom is 0.442 e. The number of nitrogens with one attached hydrogen (secondary N) is 1. The van der Waals surface area contributed by atoms with Crippen LogP contribution in [-0.4, -0.2) is 47.5 Å². The zero-order valence-corrected chi connectivity index (χ0v) is 16.7. The van der Waals surface area contributed by atoms with Crippen molar-refractivity contribution in [3.05, 3.63) is 29.1 Å². The highest BCUT2D eigenvalue weighted by molar-refractivity contribution is 8.41. The van der Waals surface area contributed by atoms with E-state index in [2.05, 4.69) is 15.3 Å². The molecule has 1 fully saturated rings. The second-order valence-electron chi connectivity index (χ2n) is 6.04. The van der Waals surface area contributed by atoms with Gasteiger partial charge in [-0.25, -0.2) is 25.4 Å². The molecule has 0 atom stereocenters. The Morgan fingerprint density at radius 2 is 2.03 bits per heavy atom. The molecule has 0 aromatic carbocycles. The van der Waals surface area contributed by atoms with Crippen LogP contribution in [-0.2, 0) is 18.0 Å². The number of carbonyl (C=O) groups is 3. The summed E-state index contributed by atoms with van der Waals surface area (Å²) < 4.78 is 15.9. The molecule has 0 bridgehead atoms. The molecule has 2 aliphatic rings. The molecule has 156 valence electrons. The van der Waals surface area contributed by atoms with Gasteiger partial charge >= 0.3 is 11.9 Å². The number of unbranched alkanes of at least 4 members (excludes halogenated alkanes) is 1. The maximum absolute atomic E-state index is 11.9. The average molecular weight is 423 g/mol. The molecule has 0 unspecified atom stereocenters. The zero-order valence-electron chi connectivity index (χ0n) is 15.9. The van der Waals surface area contributed by atoms with Gasteiger partial charge in [0.05, 0.1) is 5.41 Å². The standard InChI is InChI=1S/C17H21N5O6S/c1-3-5-8-22(18)10-20-17-21-11(9-29(17)27-15(24)16(25)28-29)12-6-7-13(26-12)14(23)19-4-2/h6-7,9-10H,3-5,8,18H2,1-2H3,(H,19,23)/b20-10+. The molecule has 2 aliphatic heterocycles. The molecule has 0 aliphatic carbocycles. The van der Waals surface area contributed by atoms with E-state index in [0.717, 1.165) is 12.8 Å². The normalized spacial score (nSPS) is 18.4. The highest BCUT2D eigenvalue weighted by atomic mass is 32.3. The van der Waals surface area contributed by atoms with E-state index in [-0.39, 0.29) is 28.3 Å². The minimum atomic E-state index is -2.95. The SMILES string of the molecule is CCCCN(N)/C=N/C1=NC(c2ccc(C(=O)NCC)o2)=CS12OC(=O)C(=O)O2. The molecule has 1 aromatic heterocycles. The van der Waals surface area contributed by atoms with Crippen LogP contribution in [0.3, 0.4) is 0 Å². The van der Waals surface area contributed by atoms with E-state index < -0.39 is 22.5 Å². The van der Waals surface area contributed by atoms with Crippen molar-refractivity contribution in [2.24, 2.45) is 15.8 Å². The fraction of sp³-hybridized carbons (Fsp3) is 0.353. The lowest BCUT2D eigenvalue weighted by Crippen LogP contribution is -2.30. The molecule has 1 amide bonds. The topological polar surface area (TPSA) is 149 Å². The van der Waals surface area contributed by atoms with E-state index in [1.807, 2.05) is 6.92 Å². The number of furan rings is 1. The molecular weight excluding hydrogens is 402 g/mol. The van der Waals surface area contributed by atoms with Crippen LogP contribution in [0.25, 0.3) is 5.70 Å². The van der Waals surface area contributed by atoms with E-state index in [9.17, 15) is 14.4 Å². The van der Waals surface area contributed by atoms with Gasteiger partial charge in [0, 0.05) is 13.1 Å². The Hall–Kier alpha value is -3.12. The first-order chi connectivity index (χ1) is 13.9. The Morgan fingerprint density at radius 3 is 2.69 bits per heavy atom. The number of amidine groups is 1. The van der Waals surface area contributed by atoms with Crippen molar-refractivity contribution in [3.63, 3.8) is 0 Å². The summed E-state index contributed by atoms with van der Waals surface area (Å²) in [6.07, 6.45) is 3.13. The fourth-order valence-corrected chi connectivity index (χ4v) is 4.26. The van der Waals surface area contributed by atoms with Gasteiger partial charge in [-0.05, 0) is 36.1 Å². The smallest absolute Gasteiger partial charge is 0.442 e. The van der Waals surface area contributed by atoms with Gasteiger partial charge in [-0.3, -0.25) is 4.79 Å². The van der Waals surface area contributed by atoms with Crippen molar-refractivity contribution in [3.8, 4) is 0 Å². The van der Waals surface area contributed by atoms with E-state index in [1.165, 1.54) is 28.9 Å². The molecule has 1 saturated heterocycles. The summed E-state index contributed by atoms with van der Waals surface area (Å²) in [5.41, 5.74) is 0.224. The number of hydrazine groups is 1. The van der Waals surface area contributed by atoms with Gasteiger partial charge < -0.3 is 23.1 Å². The Labute approximate surface area is 168 Å². The fourth-order valence-electron chi connectivity index (χ4n) is 2.41. The third kappa shape index (κ3) is 4.32. The molecular formula is C17H21N5O6S. The molecule has 11 nitrogen and oxygen atoms in total. The average Bonchev–Trinajstić information content (AvgIpc) is 3.37. The van der Waals surface area contributed by atoms with Gasteiger partial charge in [0.1, 0.15) is 12.0 Å². The van der Waals surface area contributed by atoms with Crippen LogP contribution in [0.5, 0.6) is 0 Å². The first kappa shape index (κ1) is 20.6. The number of hydrogen-bond acceptors (Lipinski definition) is 9. The van der Waals surface area contributed by atoms with Crippen LogP contribution < -0.4 is 11.2 Å². The summed E-state index contributed by atoms with van der Waals surface area (Å²) in [7, 11) is -2.95. The van der Waals surface area contributed by atoms with Crippen molar-refractivity contribution in [2.45, 2.75) is 26.7 Å². The molecule has 0 radical (unpaired) electrons. The molecule has 0 saturated carbocycles. The predicted octanol–water partition coefficient (Wildman–Crippen LogP) is 1.44. The third-order valence-electron chi connectivity index (χ3n) is 3.81.